The van der Waals surface area contributed by atoms with E-state index in [-0.39, 0.29) is 10.3 Å². The molecule has 0 radical (unpaired) electrons. The lowest BCUT2D eigenvalue weighted by Crippen LogP contribution is -1.89. The Labute approximate surface area is 134 Å². The fraction of sp³-hybridized carbons (Fsp3) is 0.143. The second-order valence-corrected chi connectivity index (χ2v) is 7.04. The van der Waals surface area contributed by atoms with Crippen molar-refractivity contribution in [1.82, 2.24) is 10.1 Å². The number of thioether (sulfide) groups is 1. The number of aromatic nitrogens is 2. The van der Waals surface area contributed by atoms with Crippen LogP contribution < -0.4 is 0 Å². The SMILES string of the molecule is C[C@H](Sc1ccc(F)c(Cl)c1)c1nc(-c2cccs2)no1. The van der Waals surface area contributed by atoms with E-state index in [9.17, 15) is 4.39 Å². The number of benzene rings is 1. The van der Waals surface area contributed by atoms with Crippen LogP contribution in [0.15, 0.2) is 45.1 Å². The molecule has 0 fully saturated rings. The van der Waals surface area contributed by atoms with Crippen molar-refractivity contribution >= 4 is 34.7 Å². The van der Waals surface area contributed by atoms with Gasteiger partial charge in [-0.25, -0.2) is 4.39 Å². The first-order chi connectivity index (χ1) is 10.1. The van der Waals surface area contributed by atoms with Crippen molar-refractivity contribution in [3.63, 3.8) is 0 Å². The van der Waals surface area contributed by atoms with Crippen LogP contribution in [-0.2, 0) is 0 Å². The fourth-order valence-electron chi connectivity index (χ4n) is 1.71. The van der Waals surface area contributed by atoms with Crippen LogP contribution in [0.25, 0.3) is 10.7 Å². The lowest BCUT2D eigenvalue weighted by Gasteiger charge is -2.06. The van der Waals surface area contributed by atoms with Crippen molar-refractivity contribution in [3.05, 3.63) is 52.4 Å². The van der Waals surface area contributed by atoms with Crippen LogP contribution in [0.1, 0.15) is 18.1 Å². The van der Waals surface area contributed by atoms with Gasteiger partial charge in [-0.3, -0.25) is 0 Å². The van der Waals surface area contributed by atoms with Gasteiger partial charge in [-0.15, -0.1) is 23.1 Å². The van der Waals surface area contributed by atoms with E-state index in [0.717, 1.165) is 9.77 Å². The van der Waals surface area contributed by atoms with E-state index in [1.165, 1.54) is 17.8 Å². The largest absolute Gasteiger partial charge is 0.338 e. The van der Waals surface area contributed by atoms with Crippen molar-refractivity contribution in [2.24, 2.45) is 0 Å². The molecular weight excluding hydrogens is 331 g/mol. The van der Waals surface area contributed by atoms with Gasteiger partial charge < -0.3 is 4.52 Å². The number of thiophene rings is 1. The Morgan fingerprint density at radius 1 is 1.38 bits per heavy atom. The third-order valence-electron chi connectivity index (χ3n) is 2.73. The highest BCUT2D eigenvalue weighted by molar-refractivity contribution is 7.99. The van der Waals surface area contributed by atoms with E-state index in [0.29, 0.717) is 11.7 Å². The average molecular weight is 341 g/mol. The zero-order valence-corrected chi connectivity index (χ0v) is 13.3. The van der Waals surface area contributed by atoms with E-state index in [1.807, 2.05) is 24.4 Å². The number of hydrogen-bond acceptors (Lipinski definition) is 5. The molecule has 0 aliphatic heterocycles. The molecule has 2 aromatic heterocycles. The predicted octanol–water partition coefficient (Wildman–Crippen LogP) is 5.44. The molecule has 0 aliphatic carbocycles. The average Bonchev–Trinajstić information content (AvgIpc) is 3.12. The Kier molecular flexibility index (Phi) is 4.28. The van der Waals surface area contributed by atoms with Gasteiger partial charge in [0, 0.05) is 4.90 Å². The quantitative estimate of drug-likeness (QED) is 0.592. The highest BCUT2D eigenvalue weighted by Crippen LogP contribution is 2.36. The van der Waals surface area contributed by atoms with Crippen LogP contribution in [0, 0.1) is 5.82 Å². The minimum absolute atomic E-state index is 0.0484. The van der Waals surface area contributed by atoms with Gasteiger partial charge in [-0.2, -0.15) is 4.98 Å². The fourth-order valence-corrected chi connectivity index (χ4v) is 3.54. The maximum Gasteiger partial charge on any atom is 0.240 e. The van der Waals surface area contributed by atoms with Gasteiger partial charge in [0.05, 0.1) is 15.1 Å². The second kappa shape index (κ2) is 6.17. The second-order valence-electron chi connectivity index (χ2n) is 4.27. The van der Waals surface area contributed by atoms with Crippen LogP contribution in [0.4, 0.5) is 4.39 Å². The Morgan fingerprint density at radius 3 is 2.95 bits per heavy atom. The van der Waals surface area contributed by atoms with E-state index in [2.05, 4.69) is 10.1 Å². The van der Waals surface area contributed by atoms with Gasteiger partial charge >= 0.3 is 0 Å². The summed E-state index contributed by atoms with van der Waals surface area (Å²) < 4.78 is 18.4. The molecule has 3 nitrogen and oxygen atoms in total. The van der Waals surface area contributed by atoms with Crippen LogP contribution in [-0.4, -0.2) is 10.1 Å². The smallest absolute Gasteiger partial charge is 0.240 e. The van der Waals surface area contributed by atoms with Crippen LogP contribution in [0.5, 0.6) is 0 Å². The lowest BCUT2D eigenvalue weighted by atomic mass is 10.3. The molecule has 1 aromatic carbocycles. The van der Waals surface area contributed by atoms with E-state index in [4.69, 9.17) is 16.1 Å². The first kappa shape index (κ1) is 14.6. The molecule has 7 heteroatoms. The summed E-state index contributed by atoms with van der Waals surface area (Å²) in [7, 11) is 0. The molecule has 1 atom stereocenters. The predicted molar refractivity (Wildman–Crippen MR) is 83.3 cm³/mol. The van der Waals surface area contributed by atoms with Crippen molar-refractivity contribution in [2.75, 3.05) is 0 Å². The molecule has 3 aromatic rings. The van der Waals surface area contributed by atoms with Crippen molar-refractivity contribution in [3.8, 4) is 10.7 Å². The van der Waals surface area contributed by atoms with Gasteiger partial charge in [-0.1, -0.05) is 22.8 Å². The Balaban J connectivity index is 1.76. The number of halogens is 2. The maximum atomic E-state index is 13.1. The Hall–Kier alpha value is -1.37. The Morgan fingerprint density at radius 2 is 2.24 bits per heavy atom. The molecule has 0 unspecified atom stereocenters. The zero-order valence-electron chi connectivity index (χ0n) is 10.9. The third-order valence-corrected chi connectivity index (χ3v) is 4.97. The standard InChI is InChI=1S/C14H10ClFN2OS2/c1-8(21-9-4-5-11(16)10(15)7-9)14-17-13(18-19-14)12-3-2-6-20-12/h2-8H,1H3/t8-/m0/s1. The van der Waals surface area contributed by atoms with E-state index in [1.54, 1.807) is 23.5 Å². The van der Waals surface area contributed by atoms with Gasteiger partial charge in [0.25, 0.3) is 0 Å². The summed E-state index contributed by atoms with van der Waals surface area (Å²) in [6.07, 6.45) is 0. The van der Waals surface area contributed by atoms with E-state index >= 15 is 0 Å². The van der Waals surface area contributed by atoms with Gasteiger partial charge in [0.15, 0.2) is 0 Å². The number of rotatable bonds is 4. The summed E-state index contributed by atoms with van der Waals surface area (Å²) >= 11 is 8.82. The normalized spacial score (nSPS) is 12.5. The summed E-state index contributed by atoms with van der Waals surface area (Å²) in [4.78, 5) is 6.21. The van der Waals surface area contributed by atoms with Crippen LogP contribution in [0.2, 0.25) is 5.02 Å². The molecule has 3 rings (SSSR count). The number of hydrogen-bond donors (Lipinski definition) is 0. The Bertz CT molecular complexity index is 745. The molecule has 0 spiro atoms. The van der Waals surface area contributed by atoms with E-state index < -0.39 is 5.82 Å². The molecule has 0 saturated heterocycles. The molecular formula is C14H10ClFN2OS2. The van der Waals surface area contributed by atoms with Gasteiger partial charge in [-0.05, 0) is 36.6 Å². The highest BCUT2D eigenvalue weighted by atomic mass is 35.5. The lowest BCUT2D eigenvalue weighted by molar-refractivity contribution is 0.381. The summed E-state index contributed by atoms with van der Waals surface area (Å²) in [5.74, 6) is 0.694. The maximum absolute atomic E-state index is 13.1. The molecule has 0 saturated carbocycles. The van der Waals surface area contributed by atoms with Gasteiger partial charge in [0.1, 0.15) is 5.82 Å². The van der Waals surface area contributed by atoms with Crippen LogP contribution >= 0.6 is 34.7 Å². The molecule has 0 aliphatic rings. The summed E-state index contributed by atoms with van der Waals surface area (Å²) in [5.41, 5.74) is 0. The molecule has 108 valence electrons. The van der Waals surface area contributed by atoms with Gasteiger partial charge in [0.2, 0.25) is 11.7 Å². The summed E-state index contributed by atoms with van der Waals surface area (Å²) in [6, 6.07) is 8.50. The summed E-state index contributed by atoms with van der Waals surface area (Å²) in [6.45, 7) is 1.95. The first-order valence-corrected chi connectivity index (χ1v) is 8.26. The third kappa shape index (κ3) is 3.28. The summed E-state index contributed by atoms with van der Waals surface area (Å²) in [5, 5.41) is 6.00. The first-order valence-electron chi connectivity index (χ1n) is 6.12. The molecule has 0 N–H and O–H groups in total. The zero-order chi connectivity index (χ0) is 14.8. The molecule has 21 heavy (non-hydrogen) atoms. The molecule has 0 bridgehead atoms. The minimum atomic E-state index is -0.425. The number of nitrogens with zero attached hydrogens (tertiary/aromatic N) is 2. The van der Waals surface area contributed by atoms with Crippen molar-refractivity contribution in [1.29, 1.82) is 0 Å². The van der Waals surface area contributed by atoms with Crippen molar-refractivity contribution in [2.45, 2.75) is 17.1 Å². The van der Waals surface area contributed by atoms with Crippen LogP contribution in [0.3, 0.4) is 0 Å². The minimum Gasteiger partial charge on any atom is -0.338 e. The monoisotopic (exact) mass is 340 g/mol. The topological polar surface area (TPSA) is 38.9 Å². The van der Waals surface area contributed by atoms with Crippen molar-refractivity contribution < 1.29 is 8.91 Å². The molecule has 0 amide bonds. The molecule has 2 heterocycles. The highest BCUT2D eigenvalue weighted by Gasteiger charge is 2.17.